The molecule has 3 rings (SSSR count). The summed E-state index contributed by atoms with van der Waals surface area (Å²) < 4.78 is 1.08. The topological polar surface area (TPSA) is 46.1 Å². The molecule has 0 saturated carbocycles. The molecule has 0 bridgehead atoms. The number of nitrogens with zero attached hydrogens (tertiary/aromatic N) is 3. The van der Waals surface area contributed by atoms with Gasteiger partial charge in [0.2, 0.25) is 5.91 Å². The number of hydrogen-bond acceptors (Lipinski definition) is 5. The van der Waals surface area contributed by atoms with Gasteiger partial charge in [0.05, 0.1) is 16.0 Å². The van der Waals surface area contributed by atoms with E-state index in [-0.39, 0.29) is 5.91 Å². The standard InChI is InChI=1S/C14H17N3OS2/c18-12(17-6-3-1-2-4-7-17)9-20-14-13-11(5-8-19-13)15-10-16-14/h5,8,10H,1-4,6-7,9H2. The van der Waals surface area contributed by atoms with Crippen molar-refractivity contribution >= 4 is 39.2 Å². The predicted molar refractivity (Wildman–Crippen MR) is 83.2 cm³/mol. The molecule has 2 aromatic rings. The SMILES string of the molecule is O=C(CSc1ncnc2ccsc12)N1CCCCCC1. The van der Waals surface area contributed by atoms with Crippen LogP contribution in [0.25, 0.3) is 10.2 Å². The Balaban J connectivity index is 1.63. The van der Waals surface area contributed by atoms with Crippen molar-refractivity contribution in [1.82, 2.24) is 14.9 Å². The fraction of sp³-hybridized carbons (Fsp3) is 0.500. The minimum absolute atomic E-state index is 0.236. The Morgan fingerprint density at radius 1 is 1.25 bits per heavy atom. The number of amides is 1. The molecule has 0 spiro atoms. The number of rotatable bonds is 3. The quantitative estimate of drug-likeness (QED) is 0.645. The zero-order valence-electron chi connectivity index (χ0n) is 11.2. The van der Waals surface area contributed by atoms with Crippen molar-refractivity contribution in [1.29, 1.82) is 0 Å². The lowest BCUT2D eigenvalue weighted by atomic mass is 10.2. The summed E-state index contributed by atoms with van der Waals surface area (Å²) in [6, 6.07) is 1.99. The normalized spacial score (nSPS) is 16.3. The van der Waals surface area contributed by atoms with Crippen LogP contribution in [0.5, 0.6) is 0 Å². The van der Waals surface area contributed by atoms with Gasteiger partial charge in [-0.2, -0.15) is 0 Å². The Morgan fingerprint density at radius 3 is 2.85 bits per heavy atom. The molecule has 1 saturated heterocycles. The van der Waals surface area contributed by atoms with Crippen molar-refractivity contribution in [2.24, 2.45) is 0 Å². The van der Waals surface area contributed by atoms with Gasteiger partial charge in [0.25, 0.3) is 0 Å². The summed E-state index contributed by atoms with van der Waals surface area (Å²) in [6.45, 7) is 1.83. The maximum absolute atomic E-state index is 12.3. The average Bonchev–Trinajstić information content (AvgIpc) is 2.79. The molecule has 1 aliphatic heterocycles. The maximum atomic E-state index is 12.3. The van der Waals surface area contributed by atoms with Gasteiger partial charge in [-0.1, -0.05) is 24.6 Å². The second kappa shape index (κ2) is 6.54. The number of fused-ring (bicyclic) bond motifs is 1. The van der Waals surface area contributed by atoms with Crippen molar-refractivity contribution in [3.63, 3.8) is 0 Å². The second-order valence-electron chi connectivity index (χ2n) is 4.90. The zero-order valence-corrected chi connectivity index (χ0v) is 12.9. The number of carbonyl (C=O) groups is 1. The molecule has 106 valence electrons. The predicted octanol–water partition coefficient (Wildman–Crippen LogP) is 3.19. The van der Waals surface area contributed by atoms with Crippen molar-refractivity contribution in [2.75, 3.05) is 18.8 Å². The van der Waals surface area contributed by atoms with E-state index in [9.17, 15) is 4.79 Å². The van der Waals surface area contributed by atoms with Crippen LogP contribution in [0.15, 0.2) is 22.8 Å². The molecule has 0 radical (unpaired) electrons. The number of aromatic nitrogens is 2. The van der Waals surface area contributed by atoms with E-state index in [0.717, 1.165) is 41.2 Å². The molecule has 0 aromatic carbocycles. The maximum Gasteiger partial charge on any atom is 0.232 e. The third-order valence-electron chi connectivity index (χ3n) is 3.50. The molecule has 6 heteroatoms. The van der Waals surface area contributed by atoms with Crippen LogP contribution in [0.3, 0.4) is 0 Å². The third kappa shape index (κ3) is 3.12. The molecule has 0 N–H and O–H groups in total. The van der Waals surface area contributed by atoms with Crippen LogP contribution < -0.4 is 0 Å². The molecule has 4 nitrogen and oxygen atoms in total. The second-order valence-corrected chi connectivity index (χ2v) is 6.78. The van der Waals surface area contributed by atoms with Gasteiger partial charge < -0.3 is 4.90 Å². The minimum Gasteiger partial charge on any atom is -0.342 e. The summed E-state index contributed by atoms with van der Waals surface area (Å²) in [5.74, 6) is 0.713. The van der Waals surface area contributed by atoms with E-state index in [1.807, 2.05) is 16.3 Å². The van der Waals surface area contributed by atoms with Crippen molar-refractivity contribution in [3.8, 4) is 0 Å². The molecular weight excluding hydrogens is 290 g/mol. The monoisotopic (exact) mass is 307 g/mol. The number of likely N-dealkylation sites (tertiary alicyclic amines) is 1. The molecule has 0 aliphatic carbocycles. The summed E-state index contributed by atoms with van der Waals surface area (Å²) in [5, 5.41) is 2.94. The summed E-state index contributed by atoms with van der Waals surface area (Å²) in [4.78, 5) is 22.8. The highest BCUT2D eigenvalue weighted by Gasteiger charge is 2.16. The van der Waals surface area contributed by atoms with Crippen LogP contribution >= 0.6 is 23.1 Å². The van der Waals surface area contributed by atoms with E-state index in [0.29, 0.717) is 5.75 Å². The van der Waals surface area contributed by atoms with Crippen LogP contribution in [0.4, 0.5) is 0 Å². The van der Waals surface area contributed by atoms with Gasteiger partial charge in [0.1, 0.15) is 11.4 Å². The molecule has 0 unspecified atom stereocenters. The van der Waals surface area contributed by atoms with Crippen LogP contribution in [0.2, 0.25) is 0 Å². The zero-order chi connectivity index (χ0) is 13.8. The van der Waals surface area contributed by atoms with E-state index in [4.69, 9.17) is 0 Å². The summed E-state index contributed by atoms with van der Waals surface area (Å²) in [6.07, 6.45) is 6.35. The van der Waals surface area contributed by atoms with Gasteiger partial charge in [0.15, 0.2) is 0 Å². The van der Waals surface area contributed by atoms with Gasteiger partial charge in [-0.25, -0.2) is 9.97 Å². The molecule has 3 heterocycles. The highest BCUT2D eigenvalue weighted by molar-refractivity contribution is 8.00. The molecule has 1 aliphatic rings. The van der Waals surface area contributed by atoms with Crippen LogP contribution in [-0.2, 0) is 4.79 Å². The highest BCUT2D eigenvalue weighted by Crippen LogP contribution is 2.28. The fourth-order valence-electron chi connectivity index (χ4n) is 2.41. The van der Waals surface area contributed by atoms with Crippen LogP contribution in [0.1, 0.15) is 25.7 Å². The number of hydrogen-bond donors (Lipinski definition) is 0. The van der Waals surface area contributed by atoms with Gasteiger partial charge >= 0.3 is 0 Å². The van der Waals surface area contributed by atoms with Crippen molar-refractivity contribution in [3.05, 3.63) is 17.8 Å². The first-order valence-corrected chi connectivity index (χ1v) is 8.80. The molecule has 20 heavy (non-hydrogen) atoms. The lowest BCUT2D eigenvalue weighted by Crippen LogP contribution is -2.33. The van der Waals surface area contributed by atoms with Crippen molar-refractivity contribution < 1.29 is 4.79 Å². The van der Waals surface area contributed by atoms with Gasteiger partial charge in [-0.15, -0.1) is 11.3 Å². The first kappa shape index (κ1) is 13.8. The Morgan fingerprint density at radius 2 is 2.05 bits per heavy atom. The summed E-state index contributed by atoms with van der Waals surface area (Å²) >= 11 is 3.16. The largest absolute Gasteiger partial charge is 0.342 e. The molecule has 1 fully saturated rings. The Bertz CT molecular complexity index is 591. The van der Waals surface area contributed by atoms with Gasteiger partial charge in [-0.3, -0.25) is 4.79 Å². The smallest absolute Gasteiger partial charge is 0.232 e. The Labute approximate surface area is 126 Å². The summed E-state index contributed by atoms with van der Waals surface area (Å²) in [7, 11) is 0. The van der Waals surface area contributed by atoms with Gasteiger partial charge in [-0.05, 0) is 24.3 Å². The first-order chi connectivity index (χ1) is 9.84. The average molecular weight is 307 g/mol. The molecular formula is C14H17N3OS2. The van der Waals surface area contributed by atoms with Crippen LogP contribution in [0, 0.1) is 0 Å². The Kier molecular flexibility index (Phi) is 4.52. The molecule has 2 aromatic heterocycles. The number of carbonyl (C=O) groups excluding carboxylic acids is 1. The molecule has 1 amide bonds. The minimum atomic E-state index is 0.236. The molecule has 0 atom stereocenters. The Hall–Kier alpha value is -1.14. The van der Waals surface area contributed by atoms with E-state index in [2.05, 4.69) is 9.97 Å². The van der Waals surface area contributed by atoms with E-state index in [1.165, 1.54) is 24.6 Å². The van der Waals surface area contributed by atoms with E-state index in [1.54, 1.807) is 17.7 Å². The van der Waals surface area contributed by atoms with Crippen LogP contribution in [-0.4, -0.2) is 39.6 Å². The van der Waals surface area contributed by atoms with E-state index >= 15 is 0 Å². The third-order valence-corrected chi connectivity index (χ3v) is 5.52. The van der Waals surface area contributed by atoms with Gasteiger partial charge in [0, 0.05) is 13.1 Å². The van der Waals surface area contributed by atoms with Crippen molar-refractivity contribution in [2.45, 2.75) is 30.7 Å². The fourth-order valence-corrected chi connectivity index (χ4v) is 4.26. The lowest BCUT2D eigenvalue weighted by molar-refractivity contribution is -0.128. The first-order valence-electron chi connectivity index (χ1n) is 6.93. The summed E-state index contributed by atoms with van der Waals surface area (Å²) in [5.41, 5.74) is 0.967. The highest BCUT2D eigenvalue weighted by atomic mass is 32.2. The van der Waals surface area contributed by atoms with E-state index < -0.39 is 0 Å². The number of thioether (sulfide) groups is 1. The lowest BCUT2D eigenvalue weighted by Gasteiger charge is -2.19. The number of thiophene rings is 1.